The first-order valence-corrected chi connectivity index (χ1v) is 6.30. The highest BCUT2D eigenvalue weighted by molar-refractivity contribution is 5.94. The van der Waals surface area contributed by atoms with Crippen LogP contribution in [0.2, 0.25) is 0 Å². The van der Waals surface area contributed by atoms with Crippen molar-refractivity contribution in [3.05, 3.63) is 17.5 Å². The molecule has 0 aliphatic heterocycles. The van der Waals surface area contributed by atoms with Gasteiger partial charge >= 0.3 is 5.97 Å². The van der Waals surface area contributed by atoms with E-state index in [9.17, 15) is 9.59 Å². The molecule has 0 radical (unpaired) electrons. The van der Waals surface area contributed by atoms with Crippen molar-refractivity contribution in [2.24, 2.45) is 7.05 Å². The normalized spacial score (nSPS) is 11.1. The number of aromatic nitrogens is 2. The van der Waals surface area contributed by atoms with Crippen LogP contribution in [0, 0.1) is 0 Å². The summed E-state index contributed by atoms with van der Waals surface area (Å²) in [6, 6.07) is 1.55. The fraction of sp³-hybridized carbons (Fsp3) is 0.615. The third-order valence-electron chi connectivity index (χ3n) is 2.90. The summed E-state index contributed by atoms with van der Waals surface area (Å²) in [5, 5.41) is 13.1. The van der Waals surface area contributed by atoms with E-state index in [0.717, 1.165) is 5.69 Å². The van der Waals surface area contributed by atoms with Gasteiger partial charge in [-0.25, -0.2) is 0 Å². The van der Waals surface area contributed by atoms with E-state index in [4.69, 9.17) is 5.11 Å². The van der Waals surface area contributed by atoms with E-state index in [-0.39, 0.29) is 24.4 Å². The summed E-state index contributed by atoms with van der Waals surface area (Å²) in [5.74, 6) is -1.10. The highest BCUT2D eigenvalue weighted by atomic mass is 16.4. The zero-order valence-corrected chi connectivity index (χ0v) is 12.0. The first-order chi connectivity index (χ1) is 8.73. The summed E-state index contributed by atoms with van der Waals surface area (Å²) >= 11 is 0. The van der Waals surface area contributed by atoms with Crippen LogP contribution in [-0.4, -0.2) is 44.3 Å². The molecule has 0 saturated carbocycles. The van der Waals surface area contributed by atoms with Gasteiger partial charge in [-0.15, -0.1) is 0 Å². The molecule has 1 amide bonds. The minimum absolute atomic E-state index is 0.180. The van der Waals surface area contributed by atoms with Crippen LogP contribution in [0.1, 0.15) is 49.8 Å². The Kier molecular flexibility index (Phi) is 4.69. The fourth-order valence-corrected chi connectivity index (χ4v) is 1.75. The van der Waals surface area contributed by atoms with Crippen LogP contribution in [0.25, 0.3) is 0 Å². The molecule has 1 N–H and O–H groups in total. The van der Waals surface area contributed by atoms with Gasteiger partial charge in [0.1, 0.15) is 12.2 Å². The molecule has 6 heteroatoms. The highest BCUT2D eigenvalue weighted by Gasteiger charge is 2.24. The lowest BCUT2D eigenvalue weighted by molar-refractivity contribution is -0.138. The van der Waals surface area contributed by atoms with Crippen molar-refractivity contribution in [1.82, 2.24) is 14.7 Å². The maximum atomic E-state index is 12.4. The molecule has 0 aliphatic carbocycles. The smallest absolute Gasteiger partial charge is 0.323 e. The number of aliphatic carboxylic acids is 1. The topological polar surface area (TPSA) is 75.4 Å². The molecule has 1 rings (SSSR count). The molecule has 6 nitrogen and oxygen atoms in total. The molecule has 0 aliphatic rings. The Morgan fingerprint density at radius 3 is 2.32 bits per heavy atom. The van der Waals surface area contributed by atoms with Crippen LogP contribution in [-0.2, 0) is 11.8 Å². The van der Waals surface area contributed by atoms with Gasteiger partial charge in [0.15, 0.2) is 0 Å². The Morgan fingerprint density at radius 1 is 1.37 bits per heavy atom. The van der Waals surface area contributed by atoms with Gasteiger partial charge in [-0.2, -0.15) is 5.10 Å². The largest absolute Gasteiger partial charge is 0.480 e. The summed E-state index contributed by atoms with van der Waals surface area (Å²) < 4.78 is 1.51. The molecule has 0 unspecified atom stereocenters. The maximum Gasteiger partial charge on any atom is 0.323 e. The van der Waals surface area contributed by atoms with Gasteiger partial charge in [0.2, 0.25) is 0 Å². The number of carbonyl (C=O) groups is 2. The lowest BCUT2D eigenvalue weighted by atomic mass is 10.1. The molecule has 1 heterocycles. The Hall–Kier alpha value is -1.85. The van der Waals surface area contributed by atoms with Crippen molar-refractivity contribution < 1.29 is 14.7 Å². The number of aryl methyl sites for hydroxylation is 1. The highest BCUT2D eigenvalue weighted by Crippen LogP contribution is 2.16. The molecule has 1 aromatic heterocycles. The van der Waals surface area contributed by atoms with E-state index in [1.165, 1.54) is 9.58 Å². The second-order valence-corrected chi connectivity index (χ2v) is 5.15. The lowest BCUT2D eigenvalue weighted by Gasteiger charge is -2.24. The number of carboxylic acids is 1. The molecule has 1 aromatic rings. The Morgan fingerprint density at radius 2 is 1.95 bits per heavy atom. The van der Waals surface area contributed by atoms with Crippen molar-refractivity contribution >= 4 is 11.9 Å². The van der Waals surface area contributed by atoms with E-state index in [1.54, 1.807) is 27.0 Å². The van der Waals surface area contributed by atoms with Crippen LogP contribution in [0.5, 0.6) is 0 Å². The van der Waals surface area contributed by atoms with Crippen LogP contribution >= 0.6 is 0 Å². The Labute approximate surface area is 113 Å². The number of carbonyl (C=O) groups excluding carboxylic acids is 1. The van der Waals surface area contributed by atoms with Gasteiger partial charge in [0.25, 0.3) is 5.91 Å². The second kappa shape index (κ2) is 5.86. The van der Waals surface area contributed by atoms with Gasteiger partial charge in [-0.3, -0.25) is 14.3 Å². The number of rotatable bonds is 5. The van der Waals surface area contributed by atoms with Crippen molar-refractivity contribution in [2.45, 2.75) is 39.7 Å². The van der Waals surface area contributed by atoms with Crippen molar-refractivity contribution in [3.63, 3.8) is 0 Å². The quantitative estimate of drug-likeness (QED) is 0.876. The third kappa shape index (κ3) is 3.56. The van der Waals surface area contributed by atoms with Crippen LogP contribution in [0.4, 0.5) is 0 Å². The van der Waals surface area contributed by atoms with E-state index < -0.39 is 5.97 Å². The molecule has 0 bridgehead atoms. The van der Waals surface area contributed by atoms with Crippen molar-refractivity contribution in [3.8, 4) is 0 Å². The average molecular weight is 267 g/mol. The fourth-order valence-electron chi connectivity index (χ4n) is 1.75. The summed E-state index contributed by atoms with van der Waals surface area (Å²) in [6.45, 7) is 7.27. The SMILES string of the molecule is CC(C)c1cc(C(=O)N(CC(=O)O)C(C)C)n(C)n1. The van der Waals surface area contributed by atoms with E-state index >= 15 is 0 Å². The van der Waals surface area contributed by atoms with Gasteiger partial charge in [-0.1, -0.05) is 13.8 Å². The van der Waals surface area contributed by atoms with E-state index in [0.29, 0.717) is 5.69 Å². The second-order valence-electron chi connectivity index (χ2n) is 5.15. The summed E-state index contributed by atoms with van der Waals surface area (Å²) in [7, 11) is 1.69. The number of amides is 1. The van der Waals surface area contributed by atoms with Crippen LogP contribution in [0.15, 0.2) is 6.07 Å². The maximum absolute atomic E-state index is 12.4. The summed E-state index contributed by atoms with van der Waals surface area (Å²) in [4.78, 5) is 24.5. The molecule has 0 saturated heterocycles. The summed E-state index contributed by atoms with van der Waals surface area (Å²) in [5.41, 5.74) is 1.24. The summed E-state index contributed by atoms with van der Waals surface area (Å²) in [6.07, 6.45) is 0. The molecule has 19 heavy (non-hydrogen) atoms. The first-order valence-electron chi connectivity index (χ1n) is 6.30. The van der Waals surface area contributed by atoms with E-state index in [2.05, 4.69) is 5.10 Å². The zero-order chi connectivity index (χ0) is 14.7. The van der Waals surface area contributed by atoms with Gasteiger partial charge in [-0.05, 0) is 25.8 Å². The van der Waals surface area contributed by atoms with Gasteiger partial charge < -0.3 is 10.0 Å². The van der Waals surface area contributed by atoms with Gasteiger partial charge in [0.05, 0.1) is 5.69 Å². The van der Waals surface area contributed by atoms with Gasteiger partial charge in [0, 0.05) is 13.1 Å². The Bertz CT molecular complexity index is 477. The van der Waals surface area contributed by atoms with Crippen molar-refractivity contribution in [2.75, 3.05) is 6.54 Å². The zero-order valence-electron chi connectivity index (χ0n) is 12.0. The molecular formula is C13H21N3O3. The predicted octanol–water partition coefficient (Wildman–Crippen LogP) is 1.48. The average Bonchev–Trinajstić information content (AvgIpc) is 2.67. The number of carboxylic acid groups (broad SMARTS) is 1. The predicted molar refractivity (Wildman–Crippen MR) is 71.1 cm³/mol. The number of hydrogen-bond acceptors (Lipinski definition) is 3. The molecule has 0 fully saturated rings. The molecule has 106 valence electrons. The molecule has 0 aromatic carbocycles. The van der Waals surface area contributed by atoms with Crippen molar-refractivity contribution in [1.29, 1.82) is 0 Å². The van der Waals surface area contributed by atoms with Crippen LogP contribution < -0.4 is 0 Å². The molecule has 0 spiro atoms. The Balaban J connectivity index is 3.06. The minimum Gasteiger partial charge on any atom is -0.480 e. The third-order valence-corrected chi connectivity index (χ3v) is 2.90. The number of hydrogen-bond donors (Lipinski definition) is 1. The first kappa shape index (κ1) is 15.2. The standard InChI is InChI=1S/C13H21N3O3/c1-8(2)10-6-11(15(5)14-10)13(19)16(9(3)4)7-12(17)18/h6,8-9H,7H2,1-5H3,(H,17,18). The van der Waals surface area contributed by atoms with E-state index in [1.807, 2.05) is 13.8 Å². The monoisotopic (exact) mass is 267 g/mol. The van der Waals surface area contributed by atoms with Crippen LogP contribution in [0.3, 0.4) is 0 Å². The molecular weight excluding hydrogens is 246 g/mol. The number of nitrogens with zero attached hydrogens (tertiary/aromatic N) is 3. The lowest BCUT2D eigenvalue weighted by Crippen LogP contribution is -2.41. The molecule has 0 atom stereocenters. The minimum atomic E-state index is -1.02.